The summed E-state index contributed by atoms with van der Waals surface area (Å²) in [5.41, 5.74) is 10.7. The van der Waals surface area contributed by atoms with Crippen molar-refractivity contribution < 1.29 is 0 Å². The molecule has 13 heteroatoms. The summed E-state index contributed by atoms with van der Waals surface area (Å²) in [4.78, 5) is 53.2. The molecule has 346 valence electrons. The first-order valence-electron chi connectivity index (χ1n) is 24.0. The van der Waals surface area contributed by atoms with Crippen LogP contribution in [0.3, 0.4) is 0 Å². The van der Waals surface area contributed by atoms with Crippen LogP contribution in [-0.2, 0) is 0 Å². The number of pyridine rings is 1. The number of nitrogens with zero attached hydrogens (tertiary/aromatic N) is 13. The van der Waals surface area contributed by atoms with Gasteiger partial charge in [0.25, 0.3) is 0 Å². The van der Waals surface area contributed by atoms with E-state index in [1.54, 1.807) is 37.2 Å². The monoisotopic (exact) mass is 951 g/mol. The minimum absolute atomic E-state index is 0.418. The zero-order valence-electron chi connectivity index (χ0n) is 39.2. The van der Waals surface area contributed by atoms with Crippen molar-refractivity contribution >= 4 is 43.6 Å². The van der Waals surface area contributed by atoms with Crippen LogP contribution >= 0.6 is 0 Å². The van der Waals surface area contributed by atoms with Crippen LogP contribution in [0.4, 0.5) is 0 Å². The molecule has 7 aromatic heterocycles. The van der Waals surface area contributed by atoms with Crippen molar-refractivity contribution in [2.75, 3.05) is 0 Å². The van der Waals surface area contributed by atoms with Crippen LogP contribution in [0.5, 0.6) is 0 Å². The highest BCUT2D eigenvalue weighted by molar-refractivity contribution is 6.12. The van der Waals surface area contributed by atoms with E-state index in [0.717, 1.165) is 77.0 Å². The van der Waals surface area contributed by atoms with E-state index in [1.807, 2.05) is 109 Å². The van der Waals surface area contributed by atoms with Crippen molar-refractivity contribution in [1.82, 2.24) is 64.0 Å². The molecule has 0 saturated heterocycles. The van der Waals surface area contributed by atoms with E-state index in [-0.39, 0.29) is 0 Å². The molecule has 0 aliphatic heterocycles. The molecule has 74 heavy (non-hydrogen) atoms. The Hall–Kier alpha value is -10.5. The predicted molar refractivity (Wildman–Crippen MR) is 289 cm³/mol. The fourth-order valence-electron chi connectivity index (χ4n) is 9.66. The molecule has 7 heterocycles. The van der Waals surface area contributed by atoms with Gasteiger partial charge in [-0.2, -0.15) is 0 Å². The first-order valence-corrected chi connectivity index (χ1v) is 24.0. The highest BCUT2D eigenvalue weighted by Gasteiger charge is 2.20. The number of fused-ring (bicyclic) bond motifs is 6. The van der Waals surface area contributed by atoms with Gasteiger partial charge in [0.1, 0.15) is 11.4 Å². The second kappa shape index (κ2) is 17.7. The fourth-order valence-corrected chi connectivity index (χ4v) is 9.66. The lowest BCUT2D eigenvalue weighted by molar-refractivity contribution is 1.01. The molecule has 14 rings (SSSR count). The molecule has 0 amide bonds. The van der Waals surface area contributed by atoms with Gasteiger partial charge in [-0.15, -0.1) is 0 Å². The highest BCUT2D eigenvalue weighted by atomic mass is 15.1. The summed E-state index contributed by atoms with van der Waals surface area (Å²) in [6, 6.07) is 63.5. The topological polar surface area (TPSA) is 152 Å². The van der Waals surface area contributed by atoms with Crippen molar-refractivity contribution in [3.63, 3.8) is 0 Å². The number of rotatable bonds is 9. The third kappa shape index (κ3) is 7.47. The van der Waals surface area contributed by atoms with Crippen LogP contribution in [-0.4, -0.2) is 64.0 Å². The molecule has 13 nitrogen and oxygen atoms in total. The lowest BCUT2D eigenvalue weighted by atomic mass is 10.0. The Kier molecular flexibility index (Phi) is 10.1. The number of hydrogen-bond donors (Lipinski definition) is 0. The van der Waals surface area contributed by atoms with E-state index in [1.165, 1.54) is 0 Å². The second-order valence-corrected chi connectivity index (χ2v) is 17.6. The maximum absolute atomic E-state index is 5.00. The molecular weight excluding hydrogens is 915 g/mol. The molecule has 0 aliphatic rings. The van der Waals surface area contributed by atoms with Crippen LogP contribution in [0, 0.1) is 0 Å². The largest absolute Gasteiger partial charge is 0.293 e. The normalized spacial score (nSPS) is 11.5. The molecule has 0 radical (unpaired) electrons. The Morgan fingerprint density at radius 1 is 0.257 bits per heavy atom. The zero-order valence-corrected chi connectivity index (χ0v) is 39.2. The molecule has 0 atom stereocenters. The smallest absolute Gasteiger partial charge is 0.184 e. The van der Waals surface area contributed by atoms with Crippen molar-refractivity contribution in [1.29, 1.82) is 0 Å². The lowest BCUT2D eigenvalue weighted by Gasteiger charge is -2.10. The first-order chi connectivity index (χ1) is 36.7. The van der Waals surface area contributed by atoms with E-state index < -0.39 is 0 Å². The number of hydrogen-bond acceptors (Lipinski definition) is 11. The summed E-state index contributed by atoms with van der Waals surface area (Å²) in [5.74, 6) is 4.39. The number of para-hydroxylation sites is 2. The SMILES string of the molecule is c1ccc(-c2nc(-c3ccccc3)nc(-c3cnc(-n4c5ccccc5c5cc(-c6ccc7c(c6)c6ccccc6n7-c6cnc(-c7nc(-c8ccccc8)nc(-c8cccnc8)n7)cn6)ccc54)cn3)n2)cc1. The van der Waals surface area contributed by atoms with Crippen LogP contribution in [0.2, 0.25) is 0 Å². The molecule has 0 unspecified atom stereocenters. The molecular formula is C61H37N13. The Balaban J connectivity index is 0.814. The van der Waals surface area contributed by atoms with Gasteiger partial charge < -0.3 is 0 Å². The van der Waals surface area contributed by atoms with E-state index >= 15 is 0 Å². The summed E-state index contributed by atoms with van der Waals surface area (Å²) >= 11 is 0. The molecule has 0 bridgehead atoms. The molecule has 0 aliphatic carbocycles. The minimum atomic E-state index is 0.418. The van der Waals surface area contributed by atoms with E-state index in [0.29, 0.717) is 58.0 Å². The third-order valence-corrected chi connectivity index (χ3v) is 13.2. The van der Waals surface area contributed by atoms with Gasteiger partial charge >= 0.3 is 0 Å². The van der Waals surface area contributed by atoms with Crippen molar-refractivity contribution in [3.05, 3.63) is 225 Å². The van der Waals surface area contributed by atoms with Gasteiger partial charge in [0.05, 0.1) is 46.9 Å². The Labute approximate surface area is 422 Å². The molecule has 0 fully saturated rings. The Bertz CT molecular complexity index is 3990. The fraction of sp³-hybridized carbons (Fsp3) is 0. The maximum Gasteiger partial charge on any atom is 0.184 e. The van der Waals surface area contributed by atoms with Crippen molar-refractivity contribution in [2.24, 2.45) is 0 Å². The average molecular weight is 952 g/mol. The molecule has 7 aromatic carbocycles. The second-order valence-electron chi connectivity index (χ2n) is 17.6. The Morgan fingerprint density at radius 2 is 0.635 bits per heavy atom. The highest BCUT2D eigenvalue weighted by Crippen LogP contribution is 2.38. The van der Waals surface area contributed by atoms with E-state index in [9.17, 15) is 0 Å². The summed E-state index contributed by atoms with van der Waals surface area (Å²) in [5, 5.41) is 4.40. The quantitative estimate of drug-likeness (QED) is 0.136. The standard InChI is InChI=1S/C61H37N13/c1-4-15-38(16-5-1)56-67-57(39-17-6-2-7-18-39)70-60(69-56)48-34-65-54(36-63-48)73-50-24-12-10-22-44(50)46-31-41(26-28-52(46)73)42-27-29-53-47(32-42)45-23-11-13-25-51(45)74(53)55-37-64-49(35-66-55)61-71-58(40-19-8-3-9-20-40)68-59(72-61)43-21-14-30-62-33-43/h1-37H. The lowest BCUT2D eigenvalue weighted by Crippen LogP contribution is -2.03. The van der Waals surface area contributed by atoms with E-state index in [2.05, 4.69) is 93.0 Å². The average Bonchev–Trinajstić information content (AvgIpc) is 4.02. The molecule has 0 saturated carbocycles. The van der Waals surface area contributed by atoms with Gasteiger partial charge in [0, 0.05) is 56.2 Å². The van der Waals surface area contributed by atoms with Gasteiger partial charge in [0.15, 0.2) is 46.6 Å². The third-order valence-electron chi connectivity index (χ3n) is 13.2. The molecule has 0 N–H and O–H groups in total. The van der Waals surface area contributed by atoms with Gasteiger partial charge in [-0.3, -0.25) is 14.1 Å². The molecule has 0 spiro atoms. The number of benzene rings is 7. The van der Waals surface area contributed by atoms with Crippen molar-refractivity contribution in [3.8, 4) is 91.4 Å². The van der Waals surface area contributed by atoms with Crippen LogP contribution in [0.1, 0.15) is 0 Å². The van der Waals surface area contributed by atoms with Crippen molar-refractivity contribution in [2.45, 2.75) is 0 Å². The summed E-state index contributed by atoms with van der Waals surface area (Å²) in [6.45, 7) is 0. The summed E-state index contributed by atoms with van der Waals surface area (Å²) < 4.78 is 4.32. The zero-order chi connectivity index (χ0) is 49.0. The molecule has 14 aromatic rings. The first kappa shape index (κ1) is 42.4. The summed E-state index contributed by atoms with van der Waals surface area (Å²) in [7, 11) is 0. The Morgan fingerprint density at radius 3 is 1.04 bits per heavy atom. The van der Waals surface area contributed by atoms with Gasteiger partial charge in [-0.1, -0.05) is 140 Å². The van der Waals surface area contributed by atoms with E-state index in [4.69, 9.17) is 49.8 Å². The van der Waals surface area contributed by atoms with Crippen LogP contribution < -0.4 is 0 Å². The van der Waals surface area contributed by atoms with Crippen LogP contribution in [0.25, 0.3) is 135 Å². The van der Waals surface area contributed by atoms with Gasteiger partial charge in [-0.05, 0) is 59.7 Å². The van der Waals surface area contributed by atoms with Crippen LogP contribution in [0.15, 0.2) is 225 Å². The van der Waals surface area contributed by atoms with Gasteiger partial charge in [0.2, 0.25) is 0 Å². The van der Waals surface area contributed by atoms with Gasteiger partial charge in [-0.25, -0.2) is 49.8 Å². The predicted octanol–water partition coefficient (Wildman–Crippen LogP) is 12.9. The minimum Gasteiger partial charge on any atom is -0.293 e. The maximum atomic E-state index is 5.00. The summed E-state index contributed by atoms with van der Waals surface area (Å²) in [6.07, 6.45) is 10.5. The number of aromatic nitrogens is 13.